The predicted octanol–water partition coefficient (Wildman–Crippen LogP) is 1.52. The summed E-state index contributed by atoms with van der Waals surface area (Å²) in [5.74, 6) is 0. The van der Waals surface area contributed by atoms with Gasteiger partial charge in [0.25, 0.3) is 5.13 Å². The Morgan fingerprint density at radius 1 is 1.42 bits per heavy atom. The van der Waals surface area contributed by atoms with Gasteiger partial charge in [-0.15, -0.1) is 5.12 Å². The Hall–Kier alpha value is -0.490. The Labute approximate surface area is 70.5 Å². The average Bonchev–Trinajstić information content (AvgIpc) is 1.96. The topological polar surface area (TPSA) is 29.3 Å². The average molecular weight is 205 g/mol. The summed E-state index contributed by atoms with van der Waals surface area (Å²) in [6, 6.07) is -6.18. The molecule has 1 rings (SSSR count). The van der Waals surface area contributed by atoms with E-state index in [9.17, 15) is 17.7 Å². The summed E-state index contributed by atoms with van der Waals surface area (Å²) in [6.45, 7) is 0. The van der Waals surface area contributed by atoms with Crippen LogP contribution in [-0.2, 0) is 0 Å². The van der Waals surface area contributed by atoms with E-state index in [2.05, 4.69) is 0 Å². The first kappa shape index (κ1) is 9.60. The van der Waals surface area contributed by atoms with Crippen molar-refractivity contribution >= 4 is 11.6 Å². The number of alkyl halides is 4. The number of nitrogens with two attached hydrogens (primary N) is 1. The lowest BCUT2D eigenvalue weighted by Crippen LogP contribution is -2.59. The van der Waals surface area contributed by atoms with Crippen LogP contribution in [0.4, 0.5) is 17.7 Å². The first-order valence-corrected chi connectivity index (χ1v) is 3.32. The van der Waals surface area contributed by atoms with Gasteiger partial charge in [-0.3, -0.25) is 0 Å². The third kappa shape index (κ3) is 1.06. The molecule has 2 nitrogen and oxygen atoms in total. The first-order valence-electron chi connectivity index (χ1n) is 2.95. The molecule has 0 bridgehead atoms. The summed E-state index contributed by atoms with van der Waals surface area (Å²) >= 11 is 4.73. The number of nitrogens with zero attached hydrogens (tertiary/aromatic N) is 1. The SMILES string of the molecule is NC1C=CN(F)C(F)(F)C1(F)Cl. The van der Waals surface area contributed by atoms with Gasteiger partial charge >= 0.3 is 6.05 Å². The molecule has 0 aromatic rings. The molecule has 2 atom stereocenters. The van der Waals surface area contributed by atoms with Crippen LogP contribution in [0.1, 0.15) is 0 Å². The van der Waals surface area contributed by atoms with Gasteiger partial charge in [0.2, 0.25) is 0 Å². The number of rotatable bonds is 0. The molecule has 2 unspecified atom stereocenters. The Bertz CT molecular complexity index is 195. The molecule has 70 valence electrons. The highest BCUT2D eigenvalue weighted by atomic mass is 35.5. The molecule has 12 heavy (non-hydrogen) atoms. The molecule has 0 fully saturated rings. The molecule has 1 aliphatic rings. The summed E-state index contributed by atoms with van der Waals surface area (Å²) in [7, 11) is 0. The maximum atomic E-state index is 12.9. The summed E-state index contributed by atoms with van der Waals surface area (Å²) in [5, 5.41) is -4.72. The van der Waals surface area contributed by atoms with E-state index in [4.69, 9.17) is 17.3 Å². The second kappa shape index (κ2) is 2.50. The van der Waals surface area contributed by atoms with Crippen molar-refractivity contribution in [2.75, 3.05) is 0 Å². The van der Waals surface area contributed by atoms with Crippen molar-refractivity contribution < 1.29 is 17.7 Å². The van der Waals surface area contributed by atoms with E-state index in [1.54, 1.807) is 0 Å². The molecule has 0 spiro atoms. The second-order valence-electron chi connectivity index (χ2n) is 2.34. The summed E-state index contributed by atoms with van der Waals surface area (Å²) in [5.41, 5.74) is 4.88. The fourth-order valence-corrected chi connectivity index (χ4v) is 0.879. The minimum absolute atomic E-state index is 0.338. The molecular formula is C5H5ClF4N2. The fourth-order valence-electron chi connectivity index (χ4n) is 0.726. The second-order valence-corrected chi connectivity index (χ2v) is 2.89. The zero-order valence-corrected chi connectivity index (χ0v) is 6.40. The highest BCUT2D eigenvalue weighted by Gasteiger charge is 2.63. The van der Waals surface area contributed by atoms with Crippen molar-refractivity contribution in [2.45, 2.75) is 17.2 Å². The molecule has 0 aromatic carbocycles. The highest BCUT2D eigenvalue weighted by Crippen LogP contribution is 2.44. The lowest BCUT2D eigenvalue weighted by atomic mass is 10.1. The van der Waals surface area contributed by atoms with Crippen LogP contribution in [0.25, 0.3) is 0 Å². The van der Waals surface area contributed by atoms with Gasteiger partial charge in [0.1, 0.15) is 0 Å². The largest absolute Gasteiger partial charge is 0.399 e. The van der Waals surface area contributed by atoms with Crippen molar-refractivity contribution in [2.24, 2.45) is 5.73 Å². The molecule has 1 heterocycles. The van der Waals surface area contributed by atoms with Crippen molar-refractivity contribution in [1.29, 1.82) is 0 Å². The van der Waals surface area contributed by atoms with E-state index in [1.807, 2.05) is 0 Å². The molecule has 0 aromatic heterocycles. The van der Waals surface area contributed by atoms with Gasteiger partial charge < -0.3 is 5.73 Å². The first-order chi connectivity index (χ1) is 5.30. The third-order valence-corrected chi connectivity index (χ3v) is 1.99. The van der Waals surface area contributed by atoms with E-state index in [0.29, 0.717) is 12.3 Å². The van der Waals surface area contributed by atoms with Crippen molar-refractivity contribution in [3.05, 3.63) is 12.3 Å². The highest BCUT2D eigenvalue weighted by molar-refractivity contribution is 6.24. The van der Waals surface area contributed by atoms with Crippen molar-refractivity contribution in [3.8, 4) is 0 Å². The normalized spacial score (nSPS) is 40.2. The van der Waals surface area contributed by atoms with Crippen LogP contribution in [0.5, 0.6) is 0 Å². The molecule has 0 aliphatic carbocycles. The van der Waals surface area contributed by atoms with E-state index >= 15 is 0 Å². The van der Waals surface area contributed by atoms with Gasteiger partial charge in [-0.2, -0.15) is 8.78 Å². The van der Waals surface area contributed by atoms with Crippen LogP contribution in [0.15, 0.2) is 12.3 Å². The number of hydrogen-bond donors (Lipinski definition) is 1. The van der Waals surface area contributed by atoms with E-state index in [-0.39, 0.29) is 0 Å². The van der Waals surface area contributed by atoms with E-state index in [1.165, 1.54) is 0 Å². The van der Waals surface area contributed by atoms with Crippen LogP contribution in [0.3, 0.4) is 0 Å². The Balaban J connectivity index is 3.07. The fraction of sp³-hybridized carbons (Fsp3) is 0.600. The van der Waals surface area contributed by atoms with E-state index < -0.39 is 22.3 Å². The maximum Gasteiger partial charge on any atom is 0.399 e. The Kier molecular flexibility index (Phi) is 2.00. The van der Waals surface area contributed by atoms with E-state index in [0.717, 1.165) is 0 Å². The molecule has 0 saturated heterocycles. The molecular weight excluding hydrogens is 200 g/mol. The molecule has 0 amide bonds. The Morgan fingerprint density at radius 2 is 1.92 bits per heavy atom. The maximum absolute atomic E-state index is 12.9. The van der Waals surface area contributed by atoms with Gasteiger partial charge in [0.05, 0.1) is 6.04 Å². The smallest absolute Gasteiger partial charge is 0.320 e. The predicted molar refractivity (Wildman–Crippen MR) is 34.7 cm³/mol. The standard InChI is InChI=1S/C5H5ClF4N2/c6-4(7)3(11)1-2-12(10)5(4,8)9/h1-3H,11H2. The lowest BCUT2D eigenvalue weighted by molar-refractivity contribution is -0.262. The van der Waals surface area contributed by atoms with Gasteiger partial charge in [0, 0.05) is 6.20 Å². The van der Waals surface area contributed by atoms with Crippen molar-refractivity contribution in [1.82, 2.24) is 5.12 Å². The van der Waals surface area contributed by atoms with Crippen LogP contribution >= 0.6 is 11.6 Å². The van der Waals surface area contributed by atoms with Crippen LogP contribution in [-0.4, -0.2) is 22.3 Å². The number of hydrogen-bond acceptors (Lipinski definition) is 2. The molecule has 1 aliphatic heterocycles. The summed E-state index contributed by atoms with van der Waals surface area (Å²) in [6.07, 6.45) is 1.05. The Morgan fingerprint density at radius 3 is 2.33 bits per heavy atom. The zero-order chi connectivity index (χ0) is 9.57. The minimum atomic E-state index is -4.44. The third-order valence-electron chi connectivity index (χ3n) is 1.51. The van der Waals surface area contributed by atoms with Crippen LogP contribution in [0, 0.1) is 0 Å². The van der Waals surface area contributed by atoms with Gasteiger partial charge in [0.15, 0.2) is 0 Å². The quantitative estimate of drug-likeness (QED) is 0.281. The van der Waals surface area contributed by atoms with Gasteiger partial charge in [-0.25, -0.2) is 4.39 Å². The molecule has 7 heteroatoms. The molecule has 0 saturated carbocycles. The summed E-state index contributed by atoms with van der Waals surface area (Å²) in [4.78, 5) is 0. The molecule has 2 N–H and O–H groups in total. The summed E-state index contributed by atoms with van der Waals surface area (Å²) < 4.78 is 50.2. The van der Waals surface area contributed by atoms with Crippen LogP contribution < -0.4 is 5.73 Å². The monoisotopic (exact) mass is 204 g/mol. The van der Waals surface area contributed by atoms with Gasteiger partial charge in [-0.05, 0) is 6.08 Å². The van der Waals surface area contributed by atoms with Gasteiger partial charge in [-0.1, -0.05) is 16.1 Å². The molecule has 0 radical (unpaired) electrons. The zero-order valence-electron chi connectivity index (χ0n) is 5.65. The van der Waals surface area contributed by atoms with Crippen LogP contribution in [0.2, 0.25) is 0 Å². The minimum Gasteiger partial charge on any atom is -0.320 e. The number of halogens is 5. The van der Waals surface area contributed by atoms with Crippen molar-refractivity contribution in [3.63, 3.8) is 0 Å². The lowest BCUT2D eigenvalue weighted by Gasteiger charge is -2.36.